The molecule has 8 unspecified atom stereocenters. The lowest BCUT2D eigenvalue weighted by Crippen LogP contribution is -2.44. The lowest BCUT2D eigenvalue weighted by atomic mass is 10.2. The Balaban J connectivity index is 0.000000255. The zero-order chi connectivity index (χ0) is 54.9. The number of primary amides is 3. The number of ether oxygens (including phenoxy) is 1. The van der Waals surface area contributed by atoms with Gasteiger partial charge in [-0.05, 0) is 90.0 Å². The van der Waals surface area contributed by atoms with E-state index in [9.17, 15) is 47.9 Å². The fraction of sp³-hybridized carbons (Fsp3) is 0.625. The predicted octanol–water partition coefficient (Wildman–Crippen LogP) is -2.19. The first-order valence-corrected chi connectivity index (χ1v) is 24.4. The van der Waals surface area contributed by atoms with Crippen molar-refractivity contribution in [2.45, 2.75) is 139 Å². The second kappa shape index (κ2) is 31.0. The molecule has 7 aliphatic heterocycles. The first kappa shape index (κ1) is 60.5. The number of hydrogen-bond donors (Lipinski definition) is 5. The Kier molecular flexibility index (Phi) is 25.3. The molecule has 26 nitrogen and oxygen atoms in total. The number of nitrogens with one attached hydrogen (secondary N) is 1. The van der Waals surface area contributed by atoms with Crippen LogP contribution in [0.4, 0.5) is 0 Å². The van der Waals surface area contributed by atoms with Gasteiger partial charge in [-0.25, -0.2) is 6.57 Å². The highest BCUT2D eigenvalue weighted by Crippen LogP contribution is 2.22. The molecular formula is C48H66N14O12. The van der Waals surface area contributed by atoms with Gasteiger partial charge >= 0.3 is 6.17 Å². The van der Waals surface area contributed by atoms with Crippen LogP contribution in [-0.4, -0.2) is 196 Å². The molecule has 0 bridgehead atoms. The number of carbonyl (C=O) groups excluding carboxylic acids is 10. The second-order valence-corrected chi connectivity index (χ2v) is 17.8. The van der Waals surface area contributed by atoms with Gasteiger partial charge in [-0.2, -0.15) is 15.8 Å². The number of aliphatic hydroxyl groups is 1. The molecule has 8 N–H and O–H groups in total. The fourth-order valence-electron chi connectivity index (χ4n) is 9.19. The Morgan fingerprint density at radius 3 is 1.32 bits per heavy atom. The summed E-state index contributed by atoms with van der Waals surface area (Å²) in [5, 5.41) is 38.2. The van der Waals surface area contributed by atoms with E-state index in [0.717, 1.165) is 57.2 Å². The molecule has 74 heavy (non-hydrogen) atoms. The Bertz CT molecular complexity index is 2190. The van der Waals surface area contributed by atoms with Crippen LogP contribution in [0.15, 0.2) is 24.3 Å². The van der Waals surface area contributed by atoms with Crippen molar-refractivity contribution in [2.75, 3.05) is 52.9 Å². The van der Waals surface area contributed by atoms with Crippen LogP contribution in [0.1, 0.15) is 89.9 Å². The number of hydrogen-bond acceptors (Lipinski definition) is 16. The molecule has 0 aromatic heterocycles. The zero-order valence-electron chi connectivity index (χ0n) is 41.5. The number of nitrogens with two attached hydrogens (primary N) is 3. The maximum absolute atomic E-state index is 12.1. The van der Waals surface area contributed by atoms with Gasteiger partial charge in [-0.1, -0.05) is 0 Å². The topological polar surface area (TPSA) is 385 Å². The Morgan fingerprint density at radius 2 is 0.946 bits per heavy atom. The summed E-state index contributed by atoms with van der Waals surface area (Å²) in [4.78, 5) is 125. The van der Waals surface area contributed by atoms with Crippen molar-refractivity contribution >= 4 is 59.5 Å². The minimum Gasteiger partial charge on any atom is -0.368 e. The summed E-state index contributed by atoms with van der Waals surface area (Å²) in [7, 11) is 1.25. The molecule has 400 valence electrons. The third kappa shape index (κ3) is 17.5. The van der Waals surface area contributed by atoms with Crippen LogP contribution in [0.25, 0.3) is 4.85 Å². The average molecular weight is 1030 g/mol. The molecular weight excluding hydrogens is 965 g/mol. The molecule has 0 aromatic rings. The van der Waals surface area contributed by atoms with Gasteiger partial charge in [-0.3, -0.25) is 57.7 Å². The third-order valence-electron chi connectivity index (χ3n) is 13.1. The average Bonchev–Trinajstić information content (AvgIpc) is 4.26. The molecule has 0 aromatic carbocycles. The SMILES string of the molecule is COC(O)C(=O)N1CCCC1C#N.N#CC1CCCN1C(=O)C=O.NC(=O)C1CCCN1.NC(=O)C1CCCN1C(=O)/C=C/C(=O)N1CCCC1C(N)=O.[C-]#[N+]C1CCCN1C(=O)/C=C/C(=O)N1CCCC1C#N. The maximum atomic E-state index is 12.1. The maximum Gasteiger partial charge on any atom is 0.300 e. The van der Waals surface area contributed by atoms with E-state index in [0.29, 0.717) is 90.6 Å². The van der Waals surface area contributed by atoms with Gasteiger partial charge in [0.2, 0.25) is 48.0 Å². The van der Waals surface area contributed by atoms with E-state index < -0.39 is 66.0 Å². The lowest BCUT2D eigenvalue weighted by molar-refractivity contribution is -0.164. The Labute approximate surface area is 429 Å². The van der Waals surface area contributed by atoms with Crippen LogP contribution >= 0.6 is 0 Å². The molecule has 8 atom stereocenters. The Hall–Kier alpha value is -7.78. The molecule has 7 saturated heterocycles. The van der Waals surface area contributed by atoms with Gasteiger partial charge < -0.3 is 56.9 Å². The molecule has 0 saturated carbocycles. The van der Waals surface area contributed by atoms with Crippen LogP contribution in [-0.2, 0) is 52.7 Å². The van der Waals surface area contributed by atoms with Crippen molar-refractivity contribution in [1.29, 1.82) is 15.8 Å². The van der Waals surface area contributed by atoms with Crippen molar-refractivity contribution in [1.82, 2.24) is 34.7 Å². The largest absolute Gasteiger partial charge is 0.368 e. The molecule has 0 spiro atoms. The summed E-state index contributed by atoms with van der Waals surface area (Å²) in [6.07, 6.45) is 13.6. The highest BCUT2D eigenvalue weighted by Gasteiger charge is 2.36. The van der Waals surface area contributed by atoms with Gasteiger partial charge in [0.25, 0.3) is 17.7 Å². The minimum absolute atomic E-state index is 0.0463. The smallest absolute Gasteiger partial charge is 0.300 e. The van der Waals surface area contributed by atoms with Gasteiger partial charge in [0.05, 0.1) is 24.2 Å². The summed E-state index contributed by atoms with van der Waals surface area (Å²) in [5.74, 6) is -3.86. The van der Waals surface area contributed by atoms with Crippen molar-refractivity contribution in [3.8, 4) is 18.2 Å². The van der Waals surface area contributed by atoms with Crippen molar-refractivity contribution in [3.63, 3.8) is 0 Å². The monoisotopic (exact) mass is 1030 g/mol. The second-order valence-electron chi connectivity index (χ2n) is 17.8. The van der Waals surface area contributed by atoms with E-state index >= 15 is 0 Å². The number of amides is 9. The summed E-state index contributed by atoms with van der Waals surface area (Å²) >= 11 is 0. The standard InChI is InChI=1S/C14H20N4O4.C14H16N4O2.C8H12N2O3.C7H8N2O2.C5H10N2O/c15-13(21)9-3-1-7-17(9)11(19)5-6-12(20)18-8-2-4-10(18)14(16)22;1-16-12-5-3-9-18(12)14(20)7-6-13(19)17-8-2-4-11(17)10-15;1-13-8(12)7(11)10-4-2-3-6(10)5-9;8-4-6-2-1-3-9(6)7(11)5-10;6-5(8)4-2-1-3-7-4/h5-6,9-10H,1-4,7-8H2,(H2,15,21)(H2,16,22);6-7,11-12H,2-5,8-9H2;6,8,12H,2-4H2,1H3;5-6H,1-3H2;4,7H,1-3H2,(H2,6,8)/b6-5+;7-6+;;;. The first-order valence-electron chi connectivity index (χ1n) is 24.4. The molecule has 0 radical (unpaired) electrons. The normalized spacial score (nSPS) is 25.0. The molecule has 7 heterocycles. The van der Waals surface area contributed by atoms with Gasteiger partial charge in [0.15, 0.2) is 0 Å². The van der Waals surface area contributed by atoms with Gasteiger partial charge in [-0.15, -0.1) is 0 Å². The van der Waals surface area contributed by atoms with E-state index in [1.165, 1.54) is 48.7 Å². The van der Waals surface area contributed by atoms with E-state index in [4.69, 9.17) is 44.7 Å². The predicted molar refractivity (Wildman–Crippen MR) is 258 cm³/mol. The minimum atomic E-state index is -1.44. The summed E-state index contributed by atoms with van der Waals surface area (Å²) in [5.41, 5.74) is 15.5. The van der Waals surface area contributed by atoms with Crippen LogP contribution in [0.2, 0.25) is 0 Å². The van der Waals surface area contributed by atoms with Crippen LogP contribution in [0.3, 0.4) is 0 Å². The van der Waals surface area contributed by atoms with Crippen LogP contribution < -0.4 is 22.5 Å². The van der Waals surface area contributed by atoms with Crippen LogP contribution in [0, 0.1) is 40.6 Å². The van der Waals surface area contributed by atoms with E-state index in [-0.39, 0.29) is 42.1 Å². The van der Waals surface area contributed by atoms with Crippen molar-refractivity contribution in [3.05, 3.63) is 35.7 Å². The third-order valence-corrected chi connectivity index (χ3v) is 13.1. The van der Waals surface area contributed by atoms with Gasteiger partial charge in [0.1, 0.15) is 30.2 Å². The molecule has 0 aliphatic carbocycles. The first-order chi connectivity index (χ1) is 35.4. The highest BCUT2D eigenvalue weighted by atomic mass is 16.6. The summed E-state index contributed by atoms with van der Waals surface area (Å²) < 4.78 is 4.47. The number of likely N-dealkylation sites (tertiary alicyclic amines) is 6. The molecule has 9 amide bonds. The quantitative estimate of drug-likeness (QED) is 0.0510. The van der Waals surface area contributed by atoms with Gasteiger partial charge in [0, 0.05) is 77.1 Å². The number of aldehydes is 1. The summed E-state index contributed by atoms with van der Waals surface area (Å²) in [6, 6.07) is 3.63. The number of nitriles is 3. The number of carbonyl (C=O) groups is 10. The molecule has 26 heteroatoms. The fourth-order valence-corrected chi connectivity index (χ4v) is 9.19. The van der Waals surface area contributed by atoms with Crippen molar-refractivity contribution in [2.24, 2.45) is 17.2 Å². The highest BCUT2D eigenvalue weighted by molar-refractivity contribution is 6.23. The summed E-state index contributed by atoms with van der Waals surface area (Å²) in [6.45, 7) is 11.0. The zero-order valence-corrected chi connectivity index (χ0v) is 41.5. The number of aliphatic hydroxyl groups excluding tert-OH is 1. The van der Waals surface area contributed by atoms with Crippen molar-refractivity contribution < 1.29 is 57.8 Å². The molecule has 7 aliphatic rings. The number of methoxy groups -OCH3 is 1. The number of rotatable bonds is 10. The molecule has 7 rings (SSSR count). The van der Waals surface area contributed by atoms with E-state index in [1.54, 1.807) is 0 Å². The van der Waals surface area contributed by atoms with E-state index in [1.807, 2.05) is 12.1 Å². The van der Waals surface area contributed by atoms with E-state index in [2.05, 4.69) is 21.0 Å². The Morgan fingerprint density at radius 1 is 0.568 bits per heavy atom. The van der Waals surface area contributed by atoms with Crippen LogP contribution in [0.5, 0.6) is 0 Å². The molecule has 7 fully saturated rings. The number of nitrogens with zero attached hydrogens (tertiary/aromatic N) is 10. The lowest BCUT2D eigenvalue weighted by Gasteiger charge is -2.21.